The van der Waals surface area contributed by atoms with Gasteiger partial charge in [0.15, 0.2) is 6.10 Å². The molecule has 118 valence electrons. The van der Waals surface area contributed by atoms with Crippen molar-refractivity contribution in [2.75, 3.05) is 26.7 Å². The first-order valence-electron chi connectivity index (χ1n) is 6.56. The molecule has 0 aliphatic carbocycles. The Morgan fingerprint density at radius 3 is 2.57 bits per heavy atom. The number of carbonyl (C=O) groups excluding carboxylic acids is 3. The number of carbonyl (C=O) groups is 4. The van der Waals surface area contributed by atoms with Crippen LogP contribution in [0, 0.1) is 0 Å². The summed E-state index contributed by atoms with van der Waals surface area (Å²) >= 11 is 0. The second kappa shape index (κ2) is 7.58. The minimum atomic E-state index is -1.50. The average Bonchev–Trinajstić information content (AvgIpc) is 2.64. The Balaban J connectivity index is 2.18. The summed E-state index contributed by atoms with van der Waals surface area (Å²) in [5, 5.41) is 19.9. The van der Waals surface area contributed by atoms with Gasteiger partial charge in [-0.15, -0.1) is 0 Å². The molecule has 1 fully saturated rings. The highest BCUT2D eigenvalue weighted by atomic mass is 16.4. The van der Waals surface area contributed by atoms with Gasteiger partial charge in [-0.1, -0.05) is 0 Å². The van der Waals surface area contributed by atoms with Crippen LogP contribution >= 0.6 is 0 Å². The van der Waals surface area contributed by atoms with Gasteiger partial charge in [-0.25, -0.2) is 9.59 Å². The molecule has 21 heavy (non-hydrogen) atoms. The Morgan fingerprint density at radius 1 is 1.38 bits per heavy atom. The smallest absolute Gasteiger partial charge is 0.332 e. The lowest BCUT2D eigenvalue weighted by Crippen LogP contribution is -2.34. The highest BCUT2D eigenvalue weighted by Gasteiger charge is 2.32. The van der Waals surface area contributed by atoms with Crippen LogP contribution < -0.4 is 5.32 Å². The summed E-state index contributed by atoms with van der Waals surface area (Å²) in [5.41, 5.74) is 0. The van der Waals surface area contributed by atoms with Crippen LogP contribution in [0.1, 0.15) is 19.3 Å². The van der Waals surface area contributed by atoms with E-state index in [2.05, 4.69) is 5.32 Å². The summed E-state index contributed by atoms with van der Waals surface area (Å²) < 4.78 is 0. The Labute approximate surface area is 121 Å². The number of nitrogens with zero attached hydrogens (tertiary/aromatic N) is 2. The van der Waals surface area contributed by atoms with E-state index in [0.29, 0.717) is 6.42 Å². The zero-order valence-electron chi connectivity index (χ0n) is 11.7. The van der Waals surface area contributed by atoms with Crippen LogP contribution in [0.5, 0.6) is 0 Å². The maximum Gasteiger partial charge on any atom is 0.332 e. The molecule has 1 heterocycles. The molecule has 1 saturated heterocycles. The highest BCUT2D eigenvalue weighted by Crippen LogP contribution is 2.09. The molecular weight excluding hydrogens is 282 g/mol. The molecule has 3 N–H and O–H groups in total. The number of amides is 4. The van der Waals surface area contributed by atoms with Gasteiger partial charge in [-0.05, 0) is 6.42 Å². The molecule has 1 rings (SSSR count). The molecule has 0 saturated carbocycles. The third kappa shape index (κ3) is 5.03. The van der Waals surface area contributed by atoms with Crippen LogP contribution in [-0.2, 0) is 14.4 Å². The van der Waals surface area contributed by atoms with Crippen LogP contribution in [0.2, 0.25) is 0 Å². The van der Waals surface area contributed by atoms with Gasteiger partial charge in [-0.3, -0.25) is 14.5 Å². The van der Waals surface area contributed by atoms with Crippen molar-refractivity contribution in [3.63, 3.8) is 0 Å². The topological polar surface area (TPSA) is 127 Å². The number of hydrogen-bond acceptors (Lipinski definition) is 5. The molecule has 0 aromatic carbocycles. The maximum absolute atomic E-state index is 11.5. The van der Waals surface area contributed by atoms with Crippen molar-refractivity contribution in [2.24, 2.45) is 0 Å². The first-order valence-corrected chi connectivity index (χ1v) is 6.56. The van der Waals surface area contributed by atoms with Crippen molar-refractivity contribution in [2.45, 2.75) is 25.4 Å². The van der Waals surface area contributed by atoms with E-state index < -0.39 is 12.1 Å². The van der Waals surface area contributed by atoms with E-state index in [-0.39, 0.29) is 50.3 Å². The normalized spacial score (nSPS) is 16.3. The zero-order valence-corrected chi connectivity index (χ0v) is 11.7. The van der Waals surface area contributed by atoms with Crippen molar-refractivity contribution in [3.05, 3.63) is 0 Å². The first-order chi connectivity index (χ1) is 9.82. The van der Waals surface area contributed by atoms with Gasteiger partial charge in [0.1, 0.15) is 6.54 Å². The van der Waals surface area contributed by atoms with E-state index in [1.54, 1.807) is 0 Å². The predicted molar refractivity (Wildman–Crippen MR) is 70.2 cm³/mol. The first kappa shape index (κ1) is 16.9. The summed E-state index contributed by atoms with van der Waals surface area (Å²) in [4.78, 5) is 47.2. The van der Waals surface area contributed by atoms with Gasteiger partial charge in [0.2, 0.25) is 11.8 Å². The lowest BCUT2D eigenvalue weighted by Gasteiger charge is -2.13. The van der Waals surface area contributed by atoms with Gasteiger partial charge in [0.05, 0.1) is 0 Å². The number of aliphatic hydroxyl groups is 1. The van der Waals surface area contributed by atoms with Gasteiger partial charge in [-0.2, -0.15) is 0 Å². The fraction of sp³-hybridized carbons (Fsp3) is 0.667. The fourth-order valence-corrected chi connectivity index (χ4v) is 1.85. The summed E-state index contributed by atoms with van der Waals surface area (Å²) in [6.07, 6.45) is -1.13. The number of likely N-dealkylation sites (N-methyl/N-ethyl adjacent to an activating group) is 1. The second-order valence-corrected chi connectivity index (χ2v) is 4.78. The molecule has 9 nitrogen and oxygen atoms in total. The molecule has 0 aromatic rings. The van der Waals surface area contributed by atoms with Gasteiger partial charge >= 0.3 is 12.0 Å². The van der Waals surface area contributed by atoms with Crippen LogP contribution in [0.4, 0.5) is 4.79 Å². The van der Waals surface area contributed by atoms with Crippen molar-refractivity contribution >= 4 is 23.8 Å². The van der Waals surface area contributed by atoms with Crippen molar-refractivity contribution in [3.8, 4) is 0 Å². The Morgan fingerprint density at radius 2 is 2.05 bits per heavy atom. The Bertz CT molecular complexity index is 439. The minimum absolute atomic E-state index is 0.0522. The highest BCUT2D eigenvalue weighted by molar-refractivity contribution is 6.01. The standard InChI is InChI=1S/C12H19N3O6/c1-14-7-10(18)15(12(14)21)6-2-3-9(17)13-5-4-8(16)11(19)20/h8,16H,2-7H2,1H3,(H,13,17)(H,19,20)/t8-/m0/s1. The number of aliphatic carboxylic acids is 1. The van der Waals surface area contributed by atoms with Crippen molar-refractivity contribution < 1.29 is 29.4 Å². The van der Waals surface area contributed by atoms with Gasteiger partial charge < -0.3 is 20.4 Å². The van der Waals surface area contributed by atoms with E-state index in [1.807, 2.05) is 0 Å². The van der Waals surface area contributed by atoms with E-state index >= 15 is 0 Å². The molecule has 0 bridgehead atoms. The number of nitrogens with one attached hydrogen (secondary N) is 1. The quantitative estimate of drug-likeness (QED) is 0.474. The number of imide groups is 1. The summed E-state index contributed by atoms with van der Waals surface area (Å²) in [6.45, 7) is 0.280. The van der Waals surface area contributed by atoms with Crippen LogP contribution in [-0.4, -0.2) is 76.6 Å². The van der Waals surface area contributed by atoms with E-state index in [0.717, 1.165) is 4.90 Å². The Kier molecular flexibility index (Phi) is 6.10. The molecular formula is C12H19N3O6. The maximum atomic E-state index is 11.5. The third-order valence-corrected chi connectivity index (χ3v) is 3.04. The van der Waals surface area contributed by atoms with E-state index in [9.17, 15) is 19.2 Å². The number of hydrogen-bond donors (Lipinski definition) is 3. The number of rotatable bonds is 8. The van der Waals surface area contributed by atoms with Gasteiger partial charge in [0.25, 0.3) is 0 Å². The third-order valence-electron chi connectivity index (χ3n) is 3.04. The summed E-state index contributed by atoms with van der Waals surface area (Å²) in [6, 6.07) is -0.370. The molecule has 1 aliphatic heterocycles. The second-order valence-electron chi connectivity index (χ2n) is 4.78. The summed E-state index contributed by atoms with van der Waals surface area (Å²) in [5.74, 6) is -1.94. The largest absolute Gasteiger partial charge is 0.479 e. The average molecular weight is 301 g/mol. The van der Waals surface area contributed by atoms with E-state index in [4.69, 9.17) is 10.2 Å². The zero-order chi connectivity index (χ0) is 16.0. The lowest BCUT2D eigenvalue weighted by molar-refractivity contribution is -0.147. The molecule has 4 amide bonds. The van der Waals surface area contributed by atoms with Crippen LogP contribution in [0.25, 0.3) is 0 Å². The molecule has 1 atom stereocenters. The molecule has 0 spiro atoms. The molecule has 0 aromatic heterocycles. The van der Waals surface area contributed by atoms with Crippen LogP contribution in [0.15, 0.2) is 0 Å². The molecule has 0 unspecified atom stereocenters. The molecule has 9 heteroatoms. The van der Waals surface area contributed by atoms with Crippen molar-refractivity contribution in [1.82, 2.24) is 15.1 Å². The molecule has 1 aliphatic rings. The van der Waals surface area contributed by atoms with Gasteiger partial charge in [0, 0.05) is 33.0 Å². The lowest BCUT2D eigenvalue weighted by atomic mass is 10.2. The number of carboxylic acid groups (broad SMARTS) is 1. The van der Waals surface area contributed by atoms with Crippen LogP contribution in [0.3, 0.4) is 0 Å². The monoisotopic (exact) mass is 301 g/mol. The Hall–Kier alpha value is -2.16. The number of urea groups is 1. The van der Waals surface area contributed by atoms with Crippen molar-refractivity contribution in [1.29, 1.82) is 0 Å². The molecule has 0 radical (unpaired) electrons. The number of aliphatic hydroxyl groups excluding tert-OH is 1. The van der Waals surface area contributed by atoms with E-state index in [1.165, 1.54) is 11.9 Å². The minimum Gasteiger partial charge on any atom is -0.479 e. The SMILES string of the molecule is CN1CC(=O)N(CCCC(=O)NCC[C@H](O)C(=O)O)C1=O. The number of carboxylic acids is 1. The fourth-order valence-electron chi connectivity index (χ4n) is 1.85. The summed E-state index contributed by atoms with van der Waals surface area (Å²) in [7, 11) is 1.53. The predicted octanol–water partition coefficient (Wildman–Crippen LogP) is -1.39.